The minimum atomic E-state index is -0.175. The van der Waals surface area contributed by atoms with E-state index in [0.717, 1.165) is 30.0 Å². The molecule has 0 bridgehead atoms. The van der Waals surface area contributed by atoms with E-state index >= 15 is 0 Å². The van der Waals surface area contributed by atoms with Crippen LogP contribution in [0.4, 0.5) is 0 Å². The number of carbonyl (C=O) groups is 1. The van der Waals surface area contributed by atoms with Crippen LogP contribution in [0.15, 0.2) is 28.9 Å². The lowest BCUT2D eigenvalue weighted by Crippen LogP contribution is -2.33. The van der Waals surface area contributed by atoms with Crippen molar-refractivity contribution in [3.63, 3.8) is 0 Å². The van der Waals surface area contributed by atoms with Gasteiger partial charge < -0.3 is 9.32 Å². The Morgan fingerprint density at radius 1 is 1.39 bits per heavy atom. The Balaban J connectivity index is 1.67. The summed E-state index contributed by atoms with van der Waals surface area (Å²) in [5.41, 5.74) is 1.76. The van der Waals surface area contributed by atoms with E-state index in [9.17, 15) is 4.79 Å². The summed E-state index contributed by atoms with van der Waals surface area (Å²) in [7, 11) is 0. The molecule has 23 heavy (non-hydrogen) atoms. The van der Waals surface area contributed by atoms with Crippen molar-refractivity contribution < 1.29 is 9.21 Å². The number of rotatable bonds is 4. The maximum absolute atomic E-state index is 12.8. The molecule has 1 amide bonds. The third-order valence-corrected chi connectivity index (χ3v) is 3.96. The summed E-state index contributed by atoms with van der Waals surface area (Å²) in [5, 5.41) is 4.33. The molecule has 0 spiro atoms. The van der Waals surface area contributed by atoms with Crippen molar-refractivity contribution in [1.82, 2.24) is 24.5 Å². The van der Waals surface area contributed by atoms with Gasteiger partial charge in [-0.25, -0.2) is 9.50 Å². The van der Waals surface area contributed by atoms with Crippen molar-refractivity contribution in [3.8, 4) is 0 Å². The van der Waals surface area contributed by atoms with Crippen LogP contribution in [0.1, 0.15) is 40.6 Å². The van der Waals surface area contributed by atoms with E-state index in [1.54, 1.807) is 15.7 Å². The molecule has 7 nitrogen and oxygen atoms in total. The Hall–Kier alpha value is -2.70. The van der Waals surface area contributed by atoms with Crippen LogP contribution >= 0.6 is 0 Å². The number of hydrogen-bond acceptors (Lipinski definition) is 5. The first kappa shape index (κ1) is 13.9. The van der Waals surface area contributed by atoms with Gasteiger partial charge in [-0.2, -0.15) is 4.98 Å². The van der Waals surface area contributed by atoms with Crippen molar-refractivity contribution in [1.29, 1.82) is 0 Å². The van der Waals surface area contributed by atoms with Crippen molar-refractivity contribution in [2.24, 2.45) is 0 Å². The monoisotopic (exact) mass is 311 g/mol. The molecule has 0 atom stereocenters. The Kier molecular flexibility index (Phi) is 3.14. The Bertz CT molecular complexity index is 864. The quantitative estimate of drug-likeness (QED) is 0.738. The smallest absolute Gasteiger partial charge is 0.294 e. The number of aryl methyl sites for hydroxylation is 2. The van der Waals surface area contributed by atoms with Crippen LogP contribution in [0.5, 0.6) is 0 Å². The molecule has 4 rings (SSSR count). The van der Waals surface area contributed by atoms with Crippen LogP contribution in [0.3, 0.4) is 0 Å². The highest BCUT2D eigenvalue weighted by Gasteiger charge is 2.35. The predicted molar refractivity (Wildman–Crippen MR) is 81.9 cm³/mol. The molecule has 0 aromatic carbocycles. The molecular weight excluding hydrogens is 294 g/mol. The molecule has 3 heterocycles. The second-order valence-corrected chi connectivity index (χ2v) is 5.93. The van der Waals surface area contributed by atoms with Gasteiger partial charge in [0.05, 0.1) is 12.8 Å². The molecular formula is C16H17N5O2. The second kappa shape index (κ2) is 5.19. The molecule has 0 radical (unpaired) electrons. The Morgan fingerprint density at radius 3 is 2.91 bits per heavy atom. The summed E-state index contributed by atoms with van der Waals surface area (Å²) in [6.45, 7) is 4.26. The normalized spacial score (nSPS) is 14.3. The summed E-state index contributed by atoms with van der Waals surface area (Å²) in [5.74, 6) is 1.23. The van der Waals surface area contributed by atoms with Crippen molar-refractivity contribution in [2.75, 3.05) is 0 Å². The zero-order valence-corrected chi connectivity index (χ0v) is 13.1. The molecule has 3 aromatic rings. The van der Waals surface area contributed by atoms with E-state index in [4.69, 9.17) is 4.42 Å². The summed E-state index contributed by atoms with van der Waals surface area (Å²) >= 11 is 0. The highest BCUT2D eigenvalue weighted by molar-refractivity contribution is 5.91. The van der Waals surface area contributed by atoms with E-state index in [-0.39, 0.29) is 17.8 Å². The number of fused-ring (bicyclic) bond motifs is 1. The first-order valence-corrected chi connectivity index (χ1v) is 7.66. The van der Waals surface area contributed by atoms with Gasteiger partial charge in [0.2, 0.25) is 5.82 Å². The van der Waals surface area contributed by atoms with Crippen molar-refractivity contribution in [2.45, 2.75) is 39.3 Å². The van der Waals surface area contributed by atoms with Crippen LogP contribution in [-0.2, 0) is 6.54 Å². The zero-order chi connectivity index (χ0) is 16.0. The maximum Gasteiger partial charge on any atom is 0.294 e. The van der Waals surface area contributed by atoms with Gasteiger partial charge in [-0.3, -0.25) is 4.79 Å². The van der Waals surface area contributed by atoms with Gasteiger partial charge in [0, 0.05) is 17.4 Å². The highest BCUT2D eigenvalue weighted by atomic mass is 16.3. The first-order chi connectivity index (χ1) is 11.1. The molecule has 1 fully saturated rings. The summed E-state index contributed by atoms with van der Waals surface area (Å²) in [6.07, 6.45) is 3.64. The predicted octanol–water partition coefficient (Wildman–Crippen LogP) is 2.14. The third-order valence-electron chi connectivity index (χ3n) is 3.96. The van der Waals surface area contributed by atoms with Crippen molar-refractivity contribution >= 4 is 11.7 Å². The molecule has 118 valence electrons. The molecule has 3 aromatic heterocycles. The fraction of sp³-hybridized carbons (Fsp3) is 0.375. The summed E-state index contributed by atoms with van der Waals surface area (Å²) < 4.78 is 6.98. The molecule has 0 saturated heterocycles. The van der Waals surface area contributed by atoms with Crippen LogP contribution < -0.4 is 0 Å². The number of hydrogen-bond donors (Lipinski definition) is 0. The number of furan rings is 1. The lowest BCUT2D eigenvalue weighted by atomic mass is 10.3. The number of carbonyl (C=O) groups excluding carboxylic acids is 1. The first-order valence-electron chi connectivity index (χ1n) is 7.66. The fourth-order valence-corrected chi connectivity index (χ4v) is 2.71. The third kappa shape index (κ3) is 2.58. The fourth-order valence-electron chi connectivity index (χ4n) is 2.71. The van der Waals surface area contributed by atoms with Crippen molar-refractivity contribution in [3.05, 3.63) is 47.4 Å². The highest BCUT2D eigenvalue weighted by Crippen LogP contribution is 2.29. The van der Waals surface area contributed by atoms with Crippen LogP contribution in [0.25, 0.3) is 5.78 Å². The SMILES string of the molecule is Cc1cc(C)n2nc(C(=O)N(Cc3ccco3)C3CC3)nc2n1. The standard InChI is InChI=1S/C16H17N5O2/c1-10-8-11(2)21-16(17-10)18-14(19-21)15(22)20(12-5-6-12)9-13-4-3-7-23-13/h3-4,7-8,12H,5-6,9H2,1-2H3. The van der Waals surface area contributed by atoms with Gasteiger partial charge in [-0.05, 0) is 44.9 Å². The van der Waals surface area contributed by atoms with Gasteiger partial charge in [-0.1, -0.05) is 0 Å². The topological polar surface area (TPSA) is 76.5 Å². The summed E-state index contributed by atoms with van der Waals surface area (Å²) in [4.78, 5) is 23.3. The Morgan fingerprint density at radius 2 is 2.22 bits per heavy atom. The second-order valence-electron chi connectivity index (χ2n) is 5.93. The Labute approximate surface area is 132 Å². The van der Waals surface area contributed by atoms with Gasteiger partial charge in [0.15, 0.2) is 0 Å². The minimum Gasteiger partial charge on any atom is -0.467 e. The van der Waals surface area contributed by atoms with Gasteiger partial charge >= 0.3 is 0 Å². The minimum absolute atomic E-state index is 0.175. The molecule has 0 unspecified atom stereocenters. The largest absolute Gasteiger partial charge is 0.467 e. The van der Waals surface area contributed by atoms with E-state index in [1.807, 2.05) is 32.0 Å². The molecule has 7 heteroatoms. The van der Waals surface area contributed by atoms with E-state index in [1.165, 1.54) is 0 Å². The van der Waals surface area contributed by atoms with E-state index in [2.05, 4.69) is 15.1 Å². The number of aromatic nitrogens is 4. The lowest BCUT2D eigenvalue weighted by molar-refractivity contribution is 0.0705. The van der Waals surface area contributed by atoms with Gasteiger partial charge in [0.1, 0.15) is 5.76 Å². The molecule has 1 saturated carbocycles. The number of nitrogens with zero attached hydrogens (tertiary/aromatic N) is 5. The molecule has 0 aliphatic heterocycles. The van der Waals surface area contributed by atoms with Crippen LogP contribution in [-0.4, -0.2) is 36.4 Å². The lowest BCUT2D eigenvalue weighted by Gasteiger charge is -2.19. The average molecular weight is 311 g/mol. The van der Waals surface area contributed by atoms with Gasteiger partial charge in [-0.15, -0.1) is 5.10 Å². The molecule has 1 aliphatic rings. The maximum atomic E-state index is 12.8. The molecule has 1 aliphatic carbocycles. The average Bonchev–Trinajstić information content (AvgIpc) is 3.05. The number of amides is 1. The molecule has 0 N–H and O–H groups in total. The van der Waals surface area contributed by atoms with Gasteiger partial charge in [0.25, 0.3) is 11.7 Å². The van der Waals surface area contributed by atoms with E-state index in [0.29, 0.717) is 12.3 Å². The zero-order valence-electron chi connectivity index (χ0n) is 13.1. The van der Waals surface area contributed by atoms with Crippen LogP contribution in [0, 0.1) is 13.8 Å². The van der Waals surface area contributed by atoms with E-state index < -0.39 is 0 Å². The summed E-state index contributed by atoms with van der Waals surface area (Å²) in [6, 6.07) is 5.85. The van der Waals surface area contributed by atoms with Crippen LogP contribution in [0.2, 0.25) is 0 Å².